The van der Waals surface area contributed by atoms with Gasteiger partial charge in [-0.1, -0.05) is 18.2 Å². The van der Waals surface area contributed by atoms with Crippen molar-refractivity contribution in [2.24, 2.45) is 0 Å². The highest BCUT2D eigenvalue weighted by molar-refractivity contribution is 5.99. The molecule has 1 aliphatic heterocycles. The van der Waals surface area contributed by atoms with Crippen molar-refractivity contribution in [1.82, 2.24) is 4.98 Å². The molecule has 2 heterocycles. The fourth-order valence-electron chi connectivity index (χ4n) is 2.16. The molecule has 3 rings (SSSR count). The van der Waals surface area contributed by atoms with Crippen LogP contribution in [0, 0.1) is 0 Å². The number of nitrogens with zero attached hydrogens (tertiary/aromatic N) is 1. The number of rotatable bonds is 1. The number of aromatic nitrogens is 1. The molecule has 1 aliphatic rings. The Morgan fingerprint density at radius 3 is 2.94 bits per heavy atom. The zero-order valence-corrected chi connectivity index (χ0v) is 8.97. The molecule has 2 aromatic rings. The minimum absolute atomic E-state index is 0.261. The van der Waals surface area contributed by atoms with Gasteiger partial charge in [-0.3, -0.25) is 4.98 Å². The smallest absolute Gasteiger partial charge is 0.337 e. The molecule has 1 aromatic heterocycles. The standard InChI is InChI=1S/C13H10N2O2/c16-13(17)10-7-14-5-8-6-15-11-4-2-1-3-9(11)12(8)10/h1-5,7,15H,6H2,(H,16,17). The number of nitrogens with one attached hydrogen (secondary N) is 1. The van der Waals surface area contributed by atoms with E-state index in [4.69, 9.17) is 0 Å². The molecular weight excluding hydrogens is 216 g/mol. The van der Waals surface area contributed by atoms with Crippen molar-refractivity contribution in [3.63, 3.8) is 0 Å². The number of carbonyl (C=O) groups is 1. The third-order valence-corrected chi connectivity index (χ3v) is 2.92. The lowest BCUT2D eigenvalue weighted by atomic mass is 9.92. The Hall–Kier alpha value is -2.36. The summed E-state index contributed by atoms with van der Waals surface area (Å²) >= 11 is 0. The van der Waals surface area contributed by atoms with Crippen LogP contribution in [0.25, 0.3) is 11.1 Å². The first-order valence-corrected chi connectivity index (χ1v) is 5.31. The summed E-state index contributed by atoms with van der Waals surface area (Å²) in [6.07, 6.45) is 3.12. The van der Waals surface area contributed by atoms with Crippen molar-refractivity contribution < 1.29 is 9.90 Å². The Balaban J connectivity index is 2.33. The first kappa shape index (κ1) is 9.84. The van der Waals surface area contributed by atoms with Crippen LogP contribution in [-0.4, -0.2) is 16.1 Å². The average Bonchev–Trinajstić information content (AvgIpc) is 2.37. The number of hydrogen-bond donors (Lipinski definition) is 2. The summed E-state index contributed by atoms with van der Waals surface area (Å²) in [4.78, 5) is 15.2. The van der Waals surface area contributed by atoms with Crippen LogP contribution < -0.4 is 5.32 Å². The minimum Gasteiger partial charge on any atom is -0.478 e. The van der Waals surface area contributed by atoms with Crippen LogP contribution in [0.5, 0.6) is 0 Å². The second-order valence-electron chi connectivity index (χ2n) is 3.93. The Kier molecular flexibility index (Phi) is 2.08. The van der Waals surface area contributed by atoms with E-state index in [1.54, 1.807) is 6.20 Å². The largest absolute Gasteiger partial charge is 0.478 e. The molecule has 0 amide bonds. The minimum atomic E-state index is -0.939. The first-order chi connectivity index (χ1) is 8.27. The van der Waals surface area contributed by atoms with Crippen LogP contribution in [0.1, 0.15) is 15.9 Å². The van der Waals surface area contributed by atoms with Crippen LogP contribution in [0.3, 0.4) is 0 Å². The van der Waals surface area contributed by atoms with Gasteiger partial charge in [0.15, 0.2) is 0 Å². The summed E-state index contributed by atoms with van der Waals surface area (Å²) in [5.74, 6) is -0.939. The lowest BCUT2D eigenvalue weighted by Gasteiger charge is -2.22. The van der Waals surface area contributed by atoms with Gasteiger partial charge in [-0.2, -0.15) is 0 Å². The van der Waals surface area contributed by atoms with Gasteiger partial charge in [-0.25, -0.2) is 4.79 Å². The molecule has 0 bridgehead atoms. The summed E-state index contributed by atoms with van der Waals surface area (Å²) in [6, 6.07) is 7.71. The van der Waals surface area contributed by atoms with E-state index < -0.39 is 5.97 Å². The van der Waals surface area contributed by atoms with Crippen LogP contribution in [0.15, 0.2) is 36.7 Å². The zero-order chi connectivity index (χ0) is 11.8. The quantitative estimate of drug-likeness (QED) is 0.783. The predicted octanol–water partition coefficient (Wildman–Crippen LogP) is 2.37. The molecule has 0 saturated carbocycles. The lowest BCUT2D eigenvalue weighted by molar-refractivity contribution is 0.0697. The van der Waals surface area contributed by atoms with Crippen molar-refractivity contribution in [2.75, 3.05) is 5.32 Å². The number of fused-ring (bicyclic) bond motifs is 3. The lowest BCUT2D eigenvalue weighted by Crippen LogP contribution is -2.13. The number of para-hydroxylation sites is 1. The fourth-order valence-corrected chi connectivity index (χ4v) is 2.16. The van der Waals surface area contributed by atoms with Crippen molar-refractivity contribution in [3.8, 4) is 11.1 Å². The number of pyridine rings is 1. The third kappa shape index (κ3) is 1.45. The summed E-state index contributed by atoms with van der Waals surface area (Å²) in [5, 5.41) is 12.5. The number of benzene rings is 1. The highest BCUT2D eigenvalue weighted by Crippen LogP contribution is 2.36. The molecule has 4 nitrogen and oxygen atoms in total. The van der Waals surface area contributed by atoms with Gasteiger partial charge < -0.3 is 10.4 Å². The van der Waals surface area contributed by atoms with Crippen LogP contribution in [-0.2, 0) is 6.54 Å². The molecule has 4 heteroatoms. The van der Waals surface area contributed by atoms with Gasteiger partial charge in [-0.05, 0) is 11.6 Å². The Morgan fingerprint density at radius 2 is 2.12 bits per heavy atom. The van der Waals surface area contributed by atoms with Crippen molar-refractivity contribution in [2.45, 2.75) is 6.54 Å². The number of hydrogen-bond acceptors (Lipinski definition) is 3. The number of carboxylic acids is 1. The Labute approximate surface area is 97.9 Å². The summed E-state index contributed by atoms with van der Waals surface area (Å²) in [7, 11) is 0. The molecule has 0 aliphatic carbocycles. The van der Waals surface area contributed by atoms with E-state index in [-0.39, 0.29) is 5.56 Å². The van der Waals surface area contributed by atoms with Gasteiger partial charge >= 0.3 is 5.97 Å². The molecule has 0 unspecified atom stereocenters. The molecule has 0 atom stereocenters. The molecule has 0 saturated heterocycles. The van der Waals surface area contributed by atoms with E-state index in [0.717, 1.165) is 22.4 Å². The normalized spacial score (nSPS) is 12.2. The zero-order valence-electron chi connectivity index (χ0n) is 8.97. The molecule has 84 valence electrons. The fraction of sp³-hybridized carbons (Fsp3) is 0.0769. The summed E-state index contributed by atoms with van der Waals surface area (Å²) in [5.41, 5.74) is 3.85. The molecule has 0 radical (unpaired) electrons. The Bertz CT molecular complexity index is 608. The van der Waals surface area contributed by atoms with E-state index >= 15 is 0 Å². The topological polar surface area (TPSA) is 62.2 Å². The van der Waals surface area contributed by atoms with Gasteiger partial charge in [0.05, 0.1) is 5.56 Å². The number of aromatic carboxylic acids is 1. The van der Waals surface area contributed by atoms with Crippen molar-refractivity contribution in [1.29, 1.82) is 0 Å². The third-order valence-electron chi connectivity index (χ3n) is 2.92. The highest BCUT2D eigenvalue weighted by Gasteiger charge is 2.21. The maximum absolute atomic E-state index is 11.2. The molecular formula is C13H10N2O2. The van der Waals surface area contributed by atoms with Crippen LogP contribution in [0.2, 0.25) is 0 Å². The molecule has 0 fully saturated rings. The summed E-state index contributed by atoms with van der Waals surface area (Å²) < 4.78 is 0. The average molecular weight is 226 g/mol. The van der Waals surface area contributed by atoms with Crippen molar-refractivity contribution >= 4 is 11.7 Å². The van der Waals surface area contributed by atoms with E-state index in [1.807, 2.05) is 24.3 Å². The monoisotopic (exact) mass is 226 g/mol. The van der Waals surface area contributed by atoms with Gasteiger partial charge in [0.1, 0.15) is 0 Å². The molecule has 0 spiro atoms. The van der Waals surface area contributed by atoms with Gasteiger partial charge in [0.2, 0.25) is 0 Å². The van der Waals surface area contributed by atoms with E-state index in [9.17, 15) is 9.90 Å². The van der Waals surface area contributed by atoms with Gasteiger partial charge in [0, 0.05) is 35.8 Å². The highest BCUT2D eigenvalue weighted by atomic mass is 16.4. The molecule has 17 heavy (non-hydrogen) atoms. The maximum Gasteiger partial charge on any atom is 0.337 e. The Morgan fingerprint density at radius 1 is 1.29 bits per heavy atom. The van der Waals surface area contributed by atoms with E-state index in [2.05, 4.69) is 10.3 Å². The summed E-state index contributed by atoms with van der Waals surface area (Å²) in [6.45, 7) is 0.612. The number of carboxylic acid groups (broad SMARTS) is 1. The van der Waals surface area contributed by atoms with Gasteiger partial charge in [0.25, 0.3) is 0 Å². The van der Waals surface area contributed by atoms with Crippen molar-refractivity contribution in [3.05, 3.63) is 47.8 Å². The molecule has 1 aromatic carbocycles. The van der Waals surface area contributed by atoms with E-state index in [0.29, 0.717) is 6.54 Å². The first-order valence-electron chi connectivity index (χ1n) is 5.31. The van der Waals surface area contributed by atoms with Crippen LogP contribution >= 0.6 is 0 Å². The van der Waals surface area contributed by atoms with Crippen LogP contribution in [0.4, 0.5) is 5.69 Å². The maximum atomic E-state index is 11.2. The SMILES string of the molecule is O=C(O)c1cncc2c1-c1ccccc1NC2. The number of anilines is 1. The second-order valence-corrected chi connectivity index (χ2v) is 3.93. The van der Waals surface area contributed by atoms with E-state index in [1.165, 1.54) is 6.20 Å². The molecule has 2 N–H and O–H groups in total. The predicted molar refractivity (Wildman–Crippen MR) is 64.0 cm³/mol. The second kappa shape index (κ2) is 3.59. The van der Waals surface area contributed by atoms with Gasteiger partial charge in [-0.15, -0.1) is 0 Å².